The third-order valence-electron chi connectivity index (χ3n) is 5.48. The van der Waals surface area contributed by atoms with Gasteiger partial charge in [0, 0.05) is 20.3 Å². The number of nitrogens with one attached hydrogen (secondary N) is 2. The van der Waals surface area contributed by atoms with E-state index in [2.05, 4.69) is 20.3 Å². The van der Waals surface area contributed by atoms with Crippen molar-refractivity contribution in [2.24, 2.45) is 0 Å². The van der Waals surface area contributed by atoms with Crippen LogP contribution in [0.2, 0.25) is 0 Å². The van der Waals surface area contributed by atoms with Crippen LogP contribution in [0.25, 0.3) is 11.2 Å². The number of rotatable bonds is 6. The smallest absolute Gasteiger partial charge is 0.361 e. The lowest BCUT2D eigenvalue weighted by atomic mass is 10.0. The molecule has 4 rings (SSSR count). The van der Waals surface area contributed by atoms with Crippen LogP contribution in [0.4, 0.5) is 43.9 Å². The number of hydrogen-bond acceptors (Lipinski definition) is 5. The van der Waals surface area contributed by atoms with E-state index in [9.17, 15) is 26.7 Å². The molecule has 7 nitrogen and oxygen atoms in total. The Morgan fingerprint density at radius 3 is 2.38 bits per heavy atom. The molecule has 0 spiro atoms. The van der Waals surface area contributed by atoms with Crippen molar-refractivity contribution in [1.82, 2.24) is 15.0 Å². The van der Waals surface area contributed by atoms with E-state index >= 15 is 0 Å². The summed E-state index contributed by atoms with van der Waals surface area (Å²) < 4.78 is 67.1. The summed E-state index contributed by atoms with van der Waals surface area (Å²) in [5, 5.41) is 4.15. The molecule has 37 heavy (non-hydrogen) atoms. The monoisotopic (exact) mass is 516 g/mol. The van der Waals surface area contributed by atoms with Crippen LogP contribution in [0, 0.1) is 11.6 Å². The number of halogens is 5. The highest BCUT2D eigenvalue weighted by atomic mass is 19.4. The molecule has 0 bridgehead atoms. The molecule has 0 radical (unpaired) electrons. The van der Waals surface area contributed by atoms with Gasteiger partial charge < -0.3 is 15.5 Å². The molecule has 192 valence electrons. The van der Waals surface area contributed by atoms with Crippen molar-refractivity contribution in [3.63, 3.8) is 0 Å². The number of nitrogens with zero attached hydrogens (tertiary/aromatic N) is 4. The average Bonchev–Trinajstić information content (AvgIpc) is 2.84. The predicted molar refractivity (Wildman–Crippen MR) is 130 cm³/mol. The van der Waals surface area contributed by atoms with Crippen LogP contribution in [0.5, 0.6) is 0 Å². The van der Waals surface area contributed by atoms with Crippen molar-refractivity contribution < 1.29 is 26.7 Å². The maximum atomic E-state index is 14.6. The summed E-state index contributed by atoms with van der Waals surface area (Å²) in [6.45, 7) is 0. The Morgan fingerprint density at radius 2 is 1.68 bits per heavy atom. The molecule has 0 aliphatic carbocycles. The molecule has 0 aliphatic rings. The Balaban J connectivity index is 1.42. The molecule has 2 aromatic heterocycles. The van der Waals surface area contributed by atoms with E-state index in [0.717, 1.165) is 5.56 Å². The molecule has 0 unspecified atom stereocenters. The molecule has 4 aromatic rings. The fourth-order valence-electron chi connectivity index (χ4n) is 3.55. The highest BCUT2D eigenvalue weighted by Crippen LogP contribution is 2.32. The van der Waals surface area contributed by atoms with Crippen LogP contribution >= 0.6 is 0 Å². The number of benzene rings is 2. The molecule has 2 N–H and O–H groups in total. The van der Waals surface area contributed by atoms with Crippen molar-refractivity contribution in [2.75, 3.05) is 29.6 Å². The Hall–Kier alpha value is -4.35. The zero-order valence-electron chi connectivity index (χ0n) is 19.7. The summed E-state index contributed by atoms with van der Waals surface area (Å²) in [5.74, 6) is -1.15. The third kappa shape index (κ3) is 6.08. The van der Waals surface area contributed by atoms with Crippen LogP contribution in [0.3, 0.4) is 0 Å². The lowest BCUT2D eigenvalue weighted by Gasteiger charge is -2.13. The summed E-state index contributed by atoms with van der Waals surface area (Å²) in [7, 11) is 3.69. The molecule has 0 atom stereocenters. The number of amides is 2. The Morgan fingerprint density at radius 1 is 0.919 bits per heavy atom. The van der Waals surface area contributed by atoms with Crippen molar-refractivity contribution in [1.29, 1.82) is 0 Å². The standard InChI is InChI=1S/C25H21F5N6O/c1-36(2)21-13-32-22-15(9-10-31-23(22)35-21)5-3-14-4-8-19(18(27)11-14)33-24(37)34-20-12-16(25(28,29)30)6-7-17(20)26/h4,6-13H,3,5H2,1-2H3,(H2,33,34,37). The van der Waals surface area contributed by atoms with Gasteiger partial charge in [-0.1, -0.05) is 6.07 Å². The number of urea groups is 1. The molecule has 12 heteroatoms. The summed E-state index contributed by atoms with van der Waals surface area (Å²) in [6, 6.07) is 6.48. The second kappa shape index (κ2) is 10.3. The van der Waals surface area contributed by atoms with Crippen LogP contribution in [-0.4, -0.2) is 35.1 Å². The number of anilines is 3. The largest absolute Gasteiger partial charge is 0.416 e. The molecular formula is C25H21F5N6O. The molecule has 2 heterocycles. The molecule has 0 saturated carbocycles. The summed E-state index contributed by atoms with van der Waals surface area (Å²) in [6.07, 6.45) is -0.465. The minimum Gasteiger partial charge on any atom is -0.361 e. The van der Waals surface area contributed by atoms with Gasteiger partial charge >= 0.3 is 12.2 Å². The summed E-state index contributed by atoms with van der Waals surface area (Å²) >= 11 is 0. The number of hydrogen-bond donors (Lipinski definition) is 2. The van der Waals surface area contributed by atoms with Crippen LogP contribution in [-0.2, 0) is 19.0 Å². The third-order valence-corrected chi connectivity index (χ3v) is 5.48. The van der Waals surface area contributed by atoms with E-state index in [4.69, 9.17) is 0 Å². The van der Waals surface area contributed by atoms with E-state index in [0.29, 0.717) is 53.6 Å². The average molecular weight is 516 g/mol. The Kier molecular flexibility index (Phi) is 7.18. The van der Waals surface area contributed by atoms with Gasteiger partial charge in [0.1, 0.15) is 23.0 Å². The second-order valence-corrected chi connectivity index (χ2v) is 8.35. The van der Waals surface area contributed by atoms with E-state index < -0.39 is 35.1 Å². The number of fused-ring (bicyclic) bond motifs is 1. The highest BCUT2D eigenvalue weighted by molar-refractivity contribution is 6.00. The van der Waals surface area contributed by atoms with Gasteiger partial charge in [0.15, 0.2) is 5.65 Å². The normalized spacial score (nSPS) is 11.4. The predicted octanol–water partition coefficient (Wildman–Crippen LogP) is 5.82. The van der Waals surface area contributed by atoms with Gasteiger partial charge in [-0.15, -0.1) is 0 Å². The van der Waals surface area contributed by atoms with Crippen molar-refractivity contribution in [3.8, 4) is 0 Å². The first-order chi connectivity index (χ1) is 17.5. The van der Waals surface area contributed by atoms with Gasteiger partial charge in [0.25, 0.3) is 0 Å². The summed E-state index contributed by atoms with van der Waals surface area (Å²) in [4.78, 5) is 27.2. The van der Waals surface area contributed by atoms with Gasteiger partial charge in [-0.3, -0.25) is 0 Å². The lowest BCUT2D eigenvalue weighted by molar-refractivity contribution is -0.137. The van der Waals surface area contributed by atoms with E-state index in [1.54, 1.807) is 18.5 Å². The Bertz CT molecular complexity index is 1460. The zero-order chi connectivity index (χ0) is 26.7. The number of carbonyl (C=O) groups excluding carboxylic acids is 1. The SMILES string of the molecule is CN(C)c1cnc2c(CCc3ccc(NC(=O)Nc4cc(C(F)(F)F)ccc4F)c(F)c3)ccnc2n1. The molecular weight excluding hydrogens is 495 g/mol. The first-order valence-corrected chi connectivity index (χ1v) is 11.0. The quantitative estimate of drug-likeness (QED) is 0.316. The zero-order valence-corrected chi connectivity index (χ0v) is 19.7. The van der Waals surface area contributed by atoms with Gasteiger partial charge in [0.2, 0.25) is 0 Å². The number of aromatic nitrogens is 3. The maximum absolute atomic E-state index is 14.6. The summed E-state index contributed by atoms with van der Waals surface area (Å²) in [5.41, 5.74) is 0.622. The molecule has 0 saturated heterocycles. The van der Waals surface area contributed by atoms with Crippen LogP contribution in [0.15, 0.2) is 54.9 Å². The van der Waals surface area contributed by atoms with Gasteiger partial charge in [-0.25, -0.2) is 28.5 Å². The second-order valence-electron chi connectivity index (χ2n) is 8.35. The number of alkyl halides is 3. The number of aryl methyl sites for hydroxylation is 2. The lowest BCUT2D eigenvalue weighted by Crippen LogP contribution is -2.21. The molecule has 2 amide bonds. The number of carbonyl (C=O) groups is 1. The van der Waals surface area contributed by atoms with Crippen LogP contribution in [0.1, 0.15) is 16.7 Å². The van der Waals surface area contributed by atoms with E-state index in [1.807, 2.05) is 30.4 Å². The molecule has 2 aromatic carbocycles. The minimum absolute atomic E-state index is 0.218. The first kappa shape index (κ1) is 25.7. The van der Waals surface area contributed by atoms with Gasteiger partial charge in [-0.05, 0) is 60.4 Å². The maximum Gasteiger partial charge on any atom is 0.416 e. The highest BCUT2D eigenvalue weighted by Gasteiger charge is 2.31. The topological polar surface area (TPSA) is 83.0 Å². The van der Waals surface area contributed by atoms with Gasteiger partial charge in [0.05, 0.1) is 23.1 Å². The Labute approximate surface area is 208 Å². The van der Waals surface area contributed by atoms with Crippen LogP contribution < -0.4 is 15.5 Å². The molecule has 0 fully saturated rings. The minimum atomic E-state index is -4.72. The van der Waals surface area contributed by atoms with Gasteiger partial charge in [-0.2, -0.15) is 13.2 Å². The fraction of sp³-hybridized carbons (Fsp3) is 0.200. The number of pyridine rings is 1. The first-order valence-electron chi connectivity index (χ1n) is 11.0. The van der Waals surface area contributed by atoms with Crippen molar-refractivity contribution in [3.05, 3.63) is 83.2 Å². The van der Waals surface area contributed by atoms with E-state index in [1.165, 1.54) is 12.1 Å². The van der Waals surface area contributed by atoms with Crippen molar-refractivity contribution >= 4 is 34.4 Å². The van der Waals surface area contributed by atoms with E-state index in [-0.39, 0.29) is 5.69 Å². The van der Waals surface area contributed by atoms with Crippen molar-refractivity contribution in [2.45, 2.75) is 19.0 Å². The fourth-order valence-corrected chi connectivity index (χ4v) is 3.55. The molecule has 0 aliphatic heterocycles.